The maximum atomic E-state index is 13.9. The number of rotatable bonds is 14. The number of piperazine rings is 1. The molecule has 1 aliphatic rings. The second-order valence-corrected chi connectivity index (χ2v) is 9.87. The van der Waals surface area contributed by atoms with Crippen LogP contribution in [-0.4, -0.2) is 103 Å². The maximum absolute atomic E-state index is 13.9. The van der Waals surface area contributed by atoms with Crippen LogP contribution >= 0.6 is 0 Å². The maximum Gasteiger partial charge on any atom is 0.305 e. The second kappa shape index (κ2) is 15.8. The number of ether oxygens (including phenoxy) is 7. The summed E-state index contributed by atoms with van der Waals surface area (Å²) in [7, 11) is 8.87. The summed E-state index contributed by atoms with van der Waals surface area (Å²) in [5.74, 6) is 1.12. The van der Waals surface area contributed by atoms with Crippen molar-refractivity contribution in [3.8, 4) is 34.5 Å². The number of unbranched alkanes of at least 4 members (excludes halogenated alkanes) is 2. The lowest BCUT2D eigenvalue weighted by molar-refractivity contribution is -0.145. The lowest BCUT2D eigenvalue weighted by Crippen LogP contribution is -2.58. The molecule has 0 N–H and O–H groups in total. The summed E-state index contributed by atoms with van der Waals surface area (Å²) in [5, 5.41) is 0. The molecular formula is C31H42N2O10. The molecule has 12 nitrogen and oxygen atoms in total. The van der Waals surface area contributed by atoms with Crippen LogP contribution in [0.15, 0.2) is 24.3 Å². The average molecular weight is 603 g/mol. The van der Waals surface area contributed by atoms with Crippen LogP contribution in [-0.2, 0) is 9.53 Å². The number of hydrogen-bond donors (Lipinski definition) is 0. The van der Waals surface area contributed by atoms with E-state index in [1.54, 1.807) is 34.1 Å². The fourth-order valence-electron chi connectivity index (χ4n) is 4.99. The fourth-order valence-corrected chi connectivity index (χ4v) is 4.99. The predicted molar refractivity (Wildman–Crippen MR) is 158 cm³/mol. The molecule has 3 rings (SSSR count). The van der Waals surface area contributed by atoms with E-state index in [4.69, 9.17) is 33.2 Å². The van der Waals surface area contributed by atoms with Gasteiger partial charge in [-0.3, -0.25) is 14.4 Å². The van der Waals surface area contributed by atoms with Crippen molar-refractivity contribution in [2.45, 2.75) is 38.6 Å². The highest BCUT2D eigenvalue weighted by atomic mass is 16.5. The first-order valence-electron chi connectivity index (χ1n) is 14.1. The third-order valence-electron chi connectivity index (χ3n) is 7.28. The second-order valence-electron chi connectivity index (χ2n) is 9.87. The van der Waals surface area contributed by atoms with Crippen molar-refractivity contribution in [1.29, 1.82) is 0 Å². The van der Waals surface area contributed by atoms with Gasteiger partial charge >= 0.3 is 5.97 Å². The van der Waals surface area contributed by atoms with Gasteiger partial charge in [0.2, 0.25) is 11.5 Å². The van der Waals surface area contributed by atoms with E-state index in [-0.39, 0.29) is 50.4 Å². The molecule has 1 saturated heterocycles. The molecular weight excluding hydrogens is 560 g/mol. The molecule has 0 bridgehead atoms. The van der Waals surface area contributed by atoms with Gasteiger partial charge in [-0.1, -0.05) is 19.8 Å². The number of hydrogen-bond acceptors (Lipinski definition) is 10. The number of methoxy groups -OCH3 is 6. The van der Waals surface area contributed by atoms with Crippen LogP contribution in [0.2, 0.25) is 0 Å². The monoisotopic (exact) mass is 602 g/mol. The Morgan fingerprint density at radius 2 is 1.19 bits per heavy atom. The zero-order chi connectivity index (χ0) is 31.5. The molecule has 1 unspecified atom stereocenters. The number of amides is 2. The van der Waals surface area contributed by atoms with Crippen molar-refractivity contribution in [3.05, 3.63) is 35.4 Å². The summed E-state index contributed by atoms with van der Waals surface area (Å²) in [4.78, 5) is 43.3. The number of nitrogens with zero attached hydrogens (tertiary/aromatic N) is 2. The van der Waals surface area contributed by atoms with E-state index in [1.165, 1.54) is 42.7 Å². The van der Waals surface area contributed by atoms with Gasteiger partial charge in [0.1, 0.15) is 6.61 Å². The molecule has 0 saturated carbocycles. The Morgan fingerprint density at radius 3 is 1.63 bits per heavy atom. The summed E-state index contributed by atoms with van der Waals surface area (Å²) in [6.45, 7) is 2.56. The van der Waals surface area contributed by atoms with E-state index in [2.05, 4.69) is 6.92 Å². The Bertz CT molecular complexity index is 1230. The largest absolute Gasteiger partial charge is 0.493 e. The molecule has 1 heterocycles. The highest BCUT2D eigenvalue weighted by Crippen LogP contribution is 2.40. The first kappa shape index (κ1) is 33.2. The van der Waals surface area contributed by atoms with E-state index in [0.717, 1.165) is 19.3 Å². The normalized spacial score (nSPS) is 14.5. The van der Waals surface area contributed by atoms with Gasteiger partial charge in [-0.15, -0.1) is 0 Å². The van der Waals surface area contributed by atoms with Gasteiger partial charge in [0.15, 0.2) is 23.0 Å². The Hall–Kier alpha value is -4.35. The van der Waals surface area contributed by atoms with E-state index in [9.17, 15) is 14.4 Å². The van der Waals surface area contributed by atoms with Gasteiger partial charge in [0.25, 0.3) is 11.8 Å². The minimum atomic E-state index is -0.610. The van der Waals surface area contributed by atoms with Crippen molar-refractivity contribution in [2.24, 2.45) is 0 Å². The van der Waals surface area contributed by atoms with Crippen LogP contribution in [0.5, 0.6) is 34.5 Å². The molecule has 12 heteroatoms. The Kier molecular flexibility index (Phi) is 12.2. The number of benzene rings is 2. The van der Waals surface area contributed by atoms with Gasteiger partial charge in [-0.05, 0) is 30.7 Å². The standard InChI is InChI=1S/C31H42N2O10/c1-8-9-10-11-27(34)43-19-22-18-32(30(35)20-14-23(37-2)28(41-6)24(15-20)38-3)12-13-33(22)31(36)21-16-25(39-4)29(42-7)26(17-21)40-5/h14-17,22H,8-13,18-19H2,1-7H3. The molecule has 0 aromatic heterocycles. The predicted octanol–water partition coefficient (Wildman–Crippen LogP) is 3.83. The van der Waals surface area contributed by atoms with Gasteiger partial charge in [-0.25, -0.2) is 0 Å². The van der Waals surface area contributed by atoms with Gasteiger partial charge < -0.3 is 43.0 Å². The number of carbonyl (C=O) groups excluding carboxylic acids is 3. The average Bonchev–Trinajstić information content (AvgIpc) is 3.04. The smallest absolute Gasteiger partial charge is 0.305 e. The van der Waals surface area contributed by atoms with E-state index >= 15 is 0 Å². The third-order valence-corrected chi connectivity index (χ3v) is 7.28. The Balaban J connectivity index is 1.91. The third kappa shape index (κ3) is 7.74. The molecule has 236 valence electrons. The summed E-state index contributed by atoms with van der Waals surface area (Å²) in [6, 6.07) is 5.71. The molecule has 0 aliphatic carbocycles. The number of esters is 1. The van der Waals surface area contributed by atoms with Crippen molar-refractivity contribution >= 4 is 17.8 Å². The van der Waals surface area contributed by atoms with Crippen LogP contribution in [0.25, 0.3) is 0 Å². The first-order valence-corrected chi connectivity index (χ1v) is 14.1. The Morgan fingerprint density at radius 1 is 0.698 bits per heavy atom. The molecule has 2 amide bonds. The SMILES string of the molecule is CCCCCC(=O)OCC1CN(C(=O)c2cc(OC)c(OC)c(OC)c2)CCN1C(=O)c1cc(OC)c(OC)c(OC)c1. The summed E-state index contributed by atoms with van der Waals surface area (Å²) in [6.07, 6.45) is 2.90. The van der Waals surface area contributed by atoms with E-state index in [1.807, 2.05) is 0 Å². The molecule has 43 heavy (non-hydrogen) atoms. The minimum absolute atomic E-state index is 0.0693. The topological polar surface area (TPSA) is 122 Å². The molecule has 2 aromatic rings. The van der Waals surface area contributed by atoms with Crippen molar-refractivity contribution in [1.82, 2.24) is 9.80 Å². The van der Waals surface area contributed by atoms with Crippen LogP contribution in [0.3, 0.4) is 0 Å². The minimum Gasteiger partial charge on any atom is -0.493 e. The summed E-state index contributed by atoms with van der Waals surface area (Å²) in [5.41, 5.74) is 0.632. The Labute approximate surface area is 252 Å². The molecule has 0 radical (unpaired) electrons. The molecule has 2 aromatic carbocycles. The lowest BCUT2D eigenvalue weighted by Gasteiger charge is -2.41. The zero-order valence-corrected chi connectivity index (χ0v) is 26.0. The number of carbonyl (C=O) groups is 3. The molecule has 1 fully saturated rings. The van der Waals surface area contributed by atoms with Crippen molar-refractivity contribution in [2.75, 3.05) is 68.9 Å². The fraction of sp³-hybridized carbons (Fsp3) is 0.516. The van der Waals surface area contributed by atoms with E-state index < -0.39 is 6.04 Å². The summed E-state index contributed by atoms with van der Waals surface area (Å²) >= 11 is 0. The van der Waals surface area contributed by atoms with Gasteiger partial charge in [-0.2, -0.15) is 0 Å². The molecule has 1 aliphatic heterocycles. The van der Waals surface area contributed by atoms with Crippen LogP contribution in [0.1, 0.15) is 53.3 Å². The van der Waals surface area contributed by atoms with Crippen molar-refractivity contribution in [3.63, 3.8) is 0 Å². The van der Waals surface area contributed by atoms with Crippen LogP contribution < -0.4 is 28.4 Å². The lowest BCUT2D eigenvalue weighted by atomic mass is 10.1. The van der Waals surface area contributed by atoms with Gasteiger partial charge in [0, 0.05) is 37.2 Å². The van der Waals surface area contributed by atoms with Crippen LogP contribution in [0.4, 0.5) is 0 Å². The van der Waals surface area contributed by atoms with Crippen molar-refractivity contribution < 1.29 is 47.5 Å². The highest BCUT2D eigenvalue weighted by molar-refractivity contribution is 5.97. The molecule has 1 atom stereocenters. The first-order chi connectivity index (χ1) is 20.8. The summed E-state index contributed by atoms with van der Waals surface area (Å²) < 4.78 is 38.1. The quantitative estimate of drug-likeness (QED) is 0.233. The van der Waals surface area contributed by atoms with E-state index in [0.29, 0.717) is 45.6 Å². The zero-order valence-electron chi connectivity index (χ0n) is 26.0. The van der Waals surface area contributed by atoms with Gasteiger partial charge in [0.05, 0.1) is 48.7 Å². The molecule has 0 spiro atoms. The highest BCUT2D eigenvalue weighted by Gasteiger charge is 2.35. The van der Waals surface area contributed by atoms with Crippen LogP contribution in [0, 0.1) is 0 Å².